The van der Waals surface area contributed by atoms with Crippen LogP contribution < -0.4 is 0 Å². The van der Waals surface area contributed by atoms with Crippen LogP contribution in [0.2, 0.25) is 0 Å². The average molecular weight is 182 g/mol. The molecule has 0 aliphatic heterocycles. The second-order valence-corrected chi connectivity index (χ2v) is 3.10. The van der Waals surface area contributed by atoms with Gasteiger partial charge >= 0.3 is 5.97 Å². The van der Waals surface area contributed by atoms with E-state index < -0.39 is 0 Å². The summed E-state index contributed by atoms with van der Waals surface area (Å²) < 4.78 is 4.56. The largest absolute Gasteiger partial charge is 0.465 e. The number of esters is 1. The Kier molecular flexibility index (Phi) is 3.17. The monoisotopic (exact) mass is 182 g/mol. The lowest BCUT2D eigenvalue weighted by Crippen LogP contribution is -1.99. The van der Waals surface area contributed by atoms with Crippen LogP contribution in [0.25, 0.3) is 0 Å². The minimum atomic E-state index is -0.289. The van der Waals surface area contributed by atoms with E-state index in [1.807, 2.05) is 18.4 Å². The fraction of sp³-hybridized carbons (Fsp3) is 0.222. The summed E-state index contributed by atoms with van der Waals surface area (Å²) in [5.41, 5.74) is 0.593. The van der Waals surface area contributed by atoms with Gasteiger partial charge in [0.25, 0.3) is 0 Å². The molecule has 2 nitrogen and oxygen atoms in total. The highest BCUT2D eigenvalue weighted by molar-refractivity contribution is 7.98. The van der Waals surface area contributed by atoms with Crippen molar-refractivity contribution >= 4 is 17.7 Å². The van der Waals surface area contributed by atoms with Crippen LogP contribution in [0.1, 0.15) is 10.4 Å². The van der Waals surface area contributed by atoms with Crippen molar-refractivity contribution in [1.82, 2.24) is 0 Å². The van der Waals surface area contributed by atoms with E-state index in [0.717, 1.165) is 4.90 Å². The van der Waals surface area contributed by atoms with Crippen LogP contribution >= 0.6 is 11.8 Å². The third kappa shape index (κ3) is 2.01. The number of methoxy groups -OCH3 is 1. The Labute approximate surface area is 75.9 Å². The molecular weight excluding hydrogens is 172 g/mol. The van der Waals surface area contributed by atoms with Crippen LogP contribution in [-0.2, 0) is 4.74 Å². The summed E-state index contributed by atoms with van der Waals surface area (Å²) in [7, 11) is 1.38. The smallest absolute Gasteiger partial charge is 0.337 e. The first-order chi connectivity index (χ1) is 5.77. The normalized spacial score (nSPS) is 9.50. The van der Waals surface area contributed by atoms with Crippen LogP contribution in [-0.4, -0.2) is 19.3 Å². The van der Waals surface area contributed by atoms with Crippen LogP contribution in [0, 0.1) is 0 Å². The van der Waals surface area contributed by atoms with Crippen molar-refractivity contribution in [2.75, 3.05) is 13.4 Å². The minimum absolute atomic E-state index is 0.289. The van der Waals surface area contributed by atoms with Gasteiger partial charge < -0.3 is 4.74 Å². The van der Waals surface area contributed by atoms with Crippen molar-refractivity contribution in [3.8, 4) is 0 Å². The zero-order valence-electron chi connectivity index (χ0n) is 7.03. The lowest BCUT2D eigenvalue weighted by Gasteiger charge is -1.99. The Bertz CT molecular complexity index is 266. The van der Waals surface area contributed by atoms with E-state index in [1.165, 1.54) is 7.11 Å². The Hall–Kier alpha value is -0.960. The van der Waals surface area contributed by atoms with Gasteiger partial charge in [0.1, 0.15) is 0 Å². The van der Waals surface area contributed by atoms with Crippen molar-refractivity contribution in [1.29, 1.82) is 0 Å². The Morgan fingerprint density at radius 1 is 1.33 bits per heavy atom. The lowest BCUT2D eigenvalue weighted by molar-refractivity contribution is 0.0600. The fourth-order valence-corrected chi connectivity index (χ4v) is 1.25. The topological polar surface area (TPSA) is 26.3 Å². The first-order valence-corrected chi connectivity index (χ1v) is 4.72. The summed E-state index contributed by atoms with van der Waals surface area (Å²) in [6, 6.07) is 7.32. The van der Waals surface area contributed by atoms with Gasteiger partial charge in [0.05, 0.1) is 12.7 Å². The fourth-order valence-electron chi connectivity index (χ4n) is 0.845. The minimum Gasteiger partial charge on any atom is -0.465 e. The Morgan fingerprint density at radius 2 is 1.92 bits per heavy atom. The van der Waals surface area contributed by atoms with Crippen molar-refractivity contribution in [3.05, 3.63) is 29.8 Å². The number of rotatable bonds is 2. The maximum Gasteiger partial charge on any atom is 0.337 e. The number of benzene rings is 1. The van der Waals surface area contributed by atoms with E-state index in [4.69, 9.17) is 0 Å². The first-order valence-electron chi connectivity index (χ1n) is 3.50. The highest BCUT2D eigenvalue weighted by Gasteiger charge is 2.02. The van der Waals surface area contributed by atoms with Gasteiger partial charge in [-0.1, -0.05) is 0 Å². The molecule has 0 aromatic heterocycles. The third-order valence-corrected chi connectivity index (χ3v) is 2.25. The second-order valence-electron chi connectivity index (χ2n) is 2.22. The van der Waals surface area contributed by atoms with Crippen molar-refractivity contribution < 1.29 is 9.53 Å². The quantitative estimate of drug-likeness (QED) is 0.518. The van der Waals surface area contributed by atoms with Gasteiger partial charge in [-0.25, -0.2) is 4.79 Å². The summed E-state index contributed by atoms with van der Waals surface area (Å²) in [6.07, 6.45) is 1.99. The van der Waals surface area contributed by atoms with Gasteiger partial charge in [0.15, 0.2) is 0 Å². The maximum atomic E-state index is 11.0. The van der Waals surface area contributed by atoms with Crippen LogP contribution in [0.5, 0.6) is 0 Å². The predicted molar refractivity (Wildman–Crippen MR) is 49.6 cm³/mol. The average Bonchev–Trinajstić information content (AvgIpc) is 2.17. The molecule has 0 N–H and O–H groups in total. The number of hydrogen-bond acceptors (Lipinski definition) is 3. The summed E-state index contributed by atoms with van der Waals surface area (Å²) in [5, 5.41) is 0. The standard InChI is InChI=1S/C9H10O2S/c1-11-9(10)7-3-5-8(12-2)6-4-7/h3-6H,1-2H3. The number of ether oxygens (including phenoxy) is 1. The van der Waals surface area contributed by atoms with Crippen molar-refractivity contribution in [2.45, 2.75) is 4.90 Å². The molecule has 0 spiro atoms. The van der Waals surface area contributed by atoms with Gasteiger partial charge in [0.2, 0.25) is 0 Å². The van der Waals surface area contributed by atoms with Gasteiger partial charge in [-0.15, -0.1) is 11.8 Å². The molecule has 0 bridgehead atoms. The van der Waals surface area contributed by atoms with E-state index in [-0.39, 0.29) is 5.97 Å². The third-order valence-electron chi connectivity index (χ3n) is 1.51. The molecule has 0 aliphatic carbocycles. The molecule has 0 atom stereocenters. The molecule has 0 radical (unpaired) electrons. The van der Waals surface area contributed by atoms with Crippen LogP contribution in [0.15, 0.2) is 29.2 Å². The summed E-state index contributed by atoms with van der Waals surface area (Å²) >= 11 is 1.64. The Morgan fingerprint density at radius 3 is 2.33 bits per heavy atom. The lowest BCUT2D eigenvalue weighted by atomic mass is 10.2. The number of carbonyl (C=O) groups is 1. The van der Waals surface area contributed by atoms with E-state index in [9.17, 15) is 4.79 Å². The molecule has 64 valence electrons. The van der Waals surface area contributed by atoms with Gasteiger partial charge in [0, 0.05) is 4.90 Å². The van der Waals surface area contributed by atoms with Gasteiger partial charge in [-0.05, 0) is 30.5 Å². The molecule has 1 aromatic carbocycles. The molecule has 0 fully saturated rings. The molecule has 0 aliphatic rings. The highest BCUT2D eigenvalue weighted by atomic mass is 32.2. The summed E-state index contributed by atoms with van der Waals surface area (Å²) in [4.78, 5) is 12.1. The molecule has 0 saturated heterocycles. The molecule has 1 aromatic rings. The molecule has 3 heteroatoms. The highest BCUT2D eigenvalue weighted by Crippen LogP contribution is 2.14. The molecule has 0 unspecified atom stereocenters. The molecule has 12 heavy (non-hydrogen) atoms. The molecule has 0 saturated carbocycles. The number of thioether (sulfide) groups is 1. The molecule has 0 heterocycles. The van der Waals surface area contributed by atoms with E-state index in [0.29, 0.717) is 5.56 Å². The zero-order chi connectivity index (χ0) is 8.97. The zero-order valence-corrected chi connectivity index (χ0v) is 7.85. The van der Waals surface area contributed by atoms with Crippen LogP contribution in [0.3, 0.4) is 0 Å². The summed E-state index contributed by atoms with van der Waals surface area (Å²) in [6.45, 7) is 0. The SMILES string of the molecule is COC(=O)c1ccc(SC)cc1. The van der Waals surface area contributed by atoms with E-state index in [2.05, 4.69) is 4.74 Å². The number of hydrogen-bond donors (Lipinski definition) is 0. The van der Waals surface area contributed by atoms with E-state index >= 15 is 0 Å². The predicted octanol–water partition coefficient (Wildman–Crippen LogP) is 2.20. The molecular formula is C9H10O2S. The second kappa shape index (κ2) is 4.16. The molecule has 0 amide bonds. The van der Waals surface area contributed by atoms with Crippen LogP contribution in [0.4, 0.5) is 0 Å². The van der Waals surface area contributed by atoms with Gasteiger partial charge in [-0.3, -0.25) is 0 Å². The number of carbonyl (C=O) groups excluding carboxylic acids is 1. The maximum absolute atomic E-state index is 11.0. The summed E-state index contributed by atoms with van der Waals surface area (Å²) in [5.74, 6) is -0.289. The van der Waals surface area contributed by atoms with Crippen molar-refractivity contribution in [2.24, 2.45) is 0 Å². The van der Waals surface area contributed by atoms with Crippen molar-refractivity contribution in [3.63, 3.8) is 0 Å². The van der Waals surface area contributed by atoms with E-state index in [1.54, 1.807) is 23.9 Å². The first kappa shape index (κ1) is 9.13. The Balaban J connectivity index is 2.84. The molecule has 1 rings (SSSR count). The van der Waals surface area contributed by atoms with Gasteiger partial charge in [-0.2, -0.15) is 0 Å².